The molecule has 0 bridgehead atoms. The number of carbonyl (C=O) groups excluding carboxylic acids is 1. The Morgan fingerprint density at radius 2 is 2.10 bits per heavy atom. The molecule has 1 amide bonds. The van der Waals surface area contributed by atoms with Gasteiger partial charge in [-0.3, -0.25) is 4.79 Å². The third kappa shape index (κ3) is 4.04. The number of amides is 1. The fourth-order valence-electron chi connectivity index (χ4n) is 1.59. The molecule has 0 fully saturated rings. The summed E-state index contributed by atoms with van der Waals surface area (Å²) in [6, 6.07) is 11.0. The van der Waals surface area contributed by atoms with Crippen LogP contribution in [0.2, 0.25) is 0 Å². The maximum Gasteiger partial charge on any atom is 0.258 e. The summed E-state index contributed by atoms with van der Waals surface area (Å²) in [4.78, 5) is 13.0. The average Bonchev–Trinajstić information content (AvgIpc) is 2.96. The van der Waals surface area contributed by atoms with E-state index in [1.54, 1.807) is 29.5 Å². The van der Waals surface area contributed by atoms with E-state index in [4.69, 9.17) is 22.7 Å². The molecule has 0 saturated carbocycles. The zero-order valence-electron chi connectivity index (χ0n) is 10.7. The first kappa shape index (κ1) is 14.5. The lowest BCUT2D eigenvalue weighted by molar-refractivity contribution is -0.123. The van der Waals surface area contributed by atoms with Crippen molar-refractivity contribution < 1.29 is 9.53 Å². The molecular formula is C14H14N2O2S2. The van der Waals surface area contributed by atoms with E-state index in [-0.39, 0.29) is 17.5 Å². The maximum absolute atomic E-state index is 11.7. The molecule has 6 heteroatoms. The summed E-state index contributed by atoms with van der Waals surface area (Å²) in [6.45, 7) is 0.446. The Morgan fingerprint density at radius 1 is 1.30 bits per heavy atom. The van der Waals surface area contributed by atoms with Crippen LogP contribution in [0.3, 0.4) is 0 Å². The lowest BCUT2D eigenvalue weighted by Crippen LogP contribution is -2.28. The first-order valence-electron chi connectivity index (χ1n) is 5.97. The highest BCUT2D eigenvalue weighted by atomic mass is 32.1. The third-order valence-corrected chi connectivity index (χ3v) is 3.65. The standard InChI is InChI=1S/C14H14N2O2S2/c15-14(19)11-5-1-2-6-12(11)18-9-13(17)16-8-10-4-3-7-20-10/h1-7H,8-9H2,(H2,15,19)(H,16,17). The number of hydrogen-bond acceptors (Lipinski definition) is 4. The molecule has 3 N–H and O–H groups in total. The quantitative estimate of drug-likeness (QED) is 0.802. The molecule has 2 rings (SSSR count). The Hall–Kier alpha value is -1.92. The SMILES string of the molecule is NC(=S)c1ccccc1OCC(=O)NCc1cccs1. The predicted molar refractivity (Wildman–Crippen MR) is 84.0 cm³/mol. The minimum atomic E-state index is -0.184. The van der Waals surface area contributed by atoms with Crippen molar-refractivity contribution in [1.82, 2.24) is 5.32 Å². The fraction of sp³-hybridized carbons (Fsp3) is 0.143. The number of thiocarbonyl (C=S) groups is 1. The molecule has 104 valence electrons. The molecule has 1 aromatic heterocycles. The molecule has 4 nitrogen and oxygen atoms in total. The molecule has 0 radical (unpaired) electrons. The summed E-state index contributed by atoms with van der Waals surface area (Å²) in [6.07, 6.45) is 0. The van der Waals surface area contributed by atoms with Gasteiger partial charge in [-0.15, -0.1) is 11.3 Å². The Balaban J connectivity index is 1.85. The van der Waals surface area contributed by atoms with Crippen molar-refractivity contribution in [1.29, 1.82) is 0 Å². The van der Waals surface area contributed by atoms with Crippen LogP contribution >= 0.6 is 23.6 Å². The molecule has 0 spiro atoms. The minimum Gasteiger partial charge on any atom is -0.483 e. The van der Waals surface area contributed by atoms with Gasteiger partial charge < -0.3 is 15.8 Å². The van der Waals surface area contributed by atoms with Crippen molar-refractivity contribution in [3.05, 3.63) is 52.2 Å². The van der Waals surface area contributed by atoms with Crippen LogP contribution in [0.25, 0.3) is 0 Å². The molecule has 0 unspecified atom stereocenters. The van der Waals surface area contributed by atoms with Crippen molar-refractivity contribution >= 4 is 34.5 Å². The summed E-state index contributed by atoms with van der Waals surface area (Å²) >= 11 is 6.53. The number of thiophene rings is 1. The van der Waals surface area contributed by atoms with Crippen LogP contribution in [0, 0.1) is 0 Å². The Labute approximate surface area is 126 Å². The van der Waals surface area contributed by atoms with Gasteiger partial charge >= 0.3 is 0 Å². The van der Waals surface area contributed by atoms with E-state index in [0.717, 1.165) is 4.88 Å². The second kappa shape index (κ2) is 7.02. The third-order valence-electron chi connectivity index (χ3n) is 2.55. The van der Waals surface area contributed by atoms with Gasteiger partial charge in [-0.2, -0.15) is 0 Å². The minimum absolute atomic E-state index is 0.0645. The largest absolute Gasteiger partial charge is 0.483 e. The van der Waals surface area contributed by atoms with Crippen LogP contribution in [0.5, 0.6) is 5.75 Å². The molecular weight excluding hydrogens is 292 g/mol. The molecule has 0 aliphatic heterocycles. The van der Waals surface area contributed by atoms with Gasteiger partial charge in [-0.05, 0) is 23.6 Å². The summed E-state index contributed by atoms with van der Waals surface area (Å²) in [5.74, 6) is 0.336. The van der Waals surface area contributed by atoms with E-state index in [0.29, 0.717) is 17.9 Å². The smallest absolute Gasteiger partial charge is 0.258 e. The molecule has 1 heterocycles. The predicted octanol–water partition coefficient (Wildman–Crippen LogP) is 2.08. The molecule has 1 aromatic carbocycles. The van der Waals surface area contributed by atoms with Crippen molar-refractivity contribution in [2.75, 3.05) is 6.61 Å². The van der Waals surface area contributed by atoms with Crippen molar-refractivity contribution in [2.24, 2.45) is 5.73 Å². The van der Waals surface area contributed by atoms with E-state index in [2.05, 4.69) is 5.32 Å². The number of nitrogens with one attached hydrogen (secondary N) is 1. The zero-order valence-corrected chi connectivity index (χ0v) is 12.3. The van der Waals surface area contributed by atoms with Gasteiger partial charge in [-0.1, -0.05) is 30.4 Å². The van der Waals surface area contributed by atoms with Crippen LogP contribution in [-0.4, -0.2) is 17.5 Å². The van der Waals surface area contributed by atoms with Gasteiger partial charge in [-0.25, -0.2) is 0 Å². The van der Waals surface area contributed by atoms with E-state index in [9.17, 15) is 4.79 Å². The molecule has 0 aliphatic rings. The zero-order chi connectivity index (χ0) is 14.4. The van der Waals surface area contributed by atoms with E-state index >= 15 is 0 Å². The van der Waals surface area contributed by atoms with Crippen LogP contribution in [-0.2, 0) is 11.3 Å². The van der Waals surface area contributed by atoms with Crippen LogP contribution in [0.15, 0.2) is 41.8 Å². The van der Waals surface area contributed by atoms with Gasteiger partial charge in [0.2, 0.25) is 0 Å². The monoisotopic (exact) mass is 306 g/mol. The van der Waals surface area contributed by atoms with Gasteiger partial charge in [0.25, 0.3) is 5.91 Å². The average molecular weight is 306 g/mol. The summed E-state index contributed by atoms with van der Waals surface area (Å²) in [7, 11) is 0. The number of para-hydroxylation sites is 1. The number of carbonyl (C=O) groups is 1. The highest BCUT2D eigenvalue weighted by Gasteiger charge is 2.08. The molecule has 20 heavy (non-hydrogen) atoms. The van der Waals surface area contributed by atoms with Gasteiger partial charge in [0, 0.05) is 4.88 Å². The van der Waals surface area contributed by atoms with Gasteiger partial charge in [0.15, 0.2) is 6.61 Å². The summed E-state index contributed by atoms with van der Waals surface area (Å²) < 4.78 is 5.45. The van der Waals surface area contributed by atoms with Crippen molar-refractivity contribution in [2.45, 2.75) is 6.54 Å². The number of nitrogens with two attached hydrogens (primary N) is 1. The number of rotatable bonds is 6. The molecule has 0 saturated heterocycles. The second-order valence-electron chi connectivity index (χ2n) is 4.01. The van der Waals surface area contributed by atoms with Crippen LogP contribution in [0.1, 0.15) is 10.4 Å². The fourth-order valence-corrected chi connectivity index (χ4v) is 2.40. The lowest BCUT2D eigenvalue weighted by atomic mass is 10.2. The number of ether oxygens (including phenoxy) is 1. The van der Waals surface area contributed by atoms with Crippen molar-refractivity contribution in [3.8, 4) is 5.75 Å². The Kier molecular flexibility index (Phi) is 5.09. The first-order chi connectivity index (χ1) is 9.66. The second-order valence-corrected chi connectivity index (χ2v) is 5.48. The topological polar surface area (TPSA) is 64.3 Å². The normalized spacial score (nSPS) is 10.0. The molecule has 2 aromatic rings. The van der Waals surface area contributed by atoms with Crippen molar-refractivity contribution in [3.63, 3.8) is 0 Å². The highest BCUT2D eigenvalue weighted by molar-refractivity contribution is 7.80. The van der Waals surface area contributed by atoms with Gasteiger partial charge in [0.05, 0.1) is 12.1 Å². The Morgan fingerprint density at radius 3 is 2.80 bits per heavy atom. The molecule has 0 atom stereocenters. The molecule has 0 aliphatic carbocycles. The highest BCUT2D eigenvalue weighted by Crippen LogP contribution is 2.17. The van der Waals surface area contributed by atoms with Crippen LogP contribution in [0.4, 0.5) is 0 Å². The first-order valence-corrected chi connectivity index (χ1v) is 7.26. The van der Waals surface area contributed by atoms with E-state index in [1.165, 1.54) is 0 Å². The van der Waals surface area contributed by atoms with E-state index < -0.39 is 0 Å². The van der Waals surface area contributed by atoms with Gasteiger partial charge in [0.1, 0.15) is 10.7 Å². The summed E-state index contributed by atoms with van der Waals surface area (Å²) in [5.41, 5.74) is 6.23. The lowest BCUT2D eigenvalue weighted by Gasteiger charge is -2.10. The van der Waals surface area contributed by atoms with E-state index in [1.807, 2.05) is 23.6 Å². The van der Waals surface area contributed by atoms with Crippen LogP contribution < -0.4 is 15.8 Å². The number of benzene rings is 1. The Bertz CT molecular complexity index is 597. The number of hydrogen-bond donors (Lipinski definition) is 2. The summed E-state index contributed by atoms with van der Waals surface area (Å²) in [5, 5.41) is 4.76. The maximum atomic E-state index is 11.7.